The Kier molecular flexibility index (Phi) is 5.43. The summed E-state index contributed by atoms with van der Waals surface area (Å²) in [7, 11) is 0. The summed E-state index contributed by atoms with van der Waals surface area (Å²) in [4.78, 5) is 23.2. The highest BCUT2D eigenvalue weighted by Crippen LogP contribution is 2.24. The number of carboxylic acid groups (broad SMARTS) is 1. The van der Waals surface area contributed by atoms with Crippen molar-refractivity contribution in [3.8, 4) is 0 Å². The number of ether oxygens (including phenoxy) is 1. The van der Waals surface area contributed by atoms with Crippen molar-refractivity contribution in [1.29, 1.82) is 0 Å². The van der Waals surface area contributed by atoms with Crippen molar-refractivity contribution >= 4 is 11.9 Å². The van der Waals surface area contributed by atoms with Crippen molar-refractivity contribution < 1.29 is 28.2 Å². The van der Waals surface area contributed by atoms with Crippen LogP contribution in [-0.2, 0) is 9.53 Å². The molecule has 1 atom stereocenters. The third-order valence-electron chi connectivity index (χ3n) is 3.83. The fraction of sp³-hybridized carbons (Fsp3) is 0.467. The Balaban J connectivity index is 2.01. The molecule has 0 spiro atoms. The predicted molar refractivity (Wildman–Crippen MR) is 73.4 cm³/mol. The second-order valence-electron chi connectivity index (χ2n) is 5.21. The summed E-state index contributed by atoms with van der Waals surface area (Å²) in [6.45, 7) is 0.844. The highest BCUT2D eigenvalue weighted by atomic mass is 19.2. The van der Waals surface area contributed by atoms with Gasteiger partial charge in [0.25, 0.3) is 5.91 Å². The lowest BCUT2D eigenvalue weighted by atomic mass is 9.86. The van der Waals surface area contributed by atoms with Gasteiger partial charge in [0, 0.05) is 19.8 Å². The second-order valence-corrected chi connectivity index (χ2v) is 5.21. The van der Waals surface area contributed by atoms with E-state index in [1.165, 1.54) is 6.07 Å². The van der Waals surface area contributed by atoms with Crippen molar-refractivity contribution in [2.45, 2.75) is 12.8 Å². The van der Waals surface area contributed by atoms with Gasteiger partial charge in [-0.15, -0.1) is 0 Å². The Labute approximate surface area is 126 Å². The molecule has 1 fully saturated rings. The van der Waals surface area contributed by atoms with Gasteiger partial charge in [0.05, 0.1) is 11.5 Å². The quantitative estimate of drug-likeness (QED) is 0.869. The highest BCUT2D eigenvalue weighted by molar-refractivity contribution is 5.94. The van der Waals surface area contributed by atoms with Crippen LogP contribution in [0.25, 0.3) is 0 Å². The molecule has 1 heterocycles. The van der Waals surface area contributed by atoms with Gasteiger partial charge in [-0.3, -0.25) is 9.59 Å². The van der Waals surface area contributed by atoms with Crippen molar-refractivity contribution in [2.24, 2.45) is 11.8 Å². The van der Waals surface area contributed by atoms with Crippen LogP contribution in [0.15, 0.2) is 18.2 Å². The normalized spacial score (nSPS) is 17.0. The minimum absolute atomic E-state index is 0.107. The maximum absolute atomic E-state index is 13.5. The maximum Gasteiger partial charge on any atom is 0.308 e. The van der Waals surface area contributed by atoms with Crippen LogP contribution in [0.5, 0.6) is 0 Å². The molecule has 0 radical (unpaired) electrons. The van der Waals surface area contributed by atoms with E-state index in [1.54, 1.807) is 0 Å². The van der Waals surface area contributed by atoms with Crippen LogP contribution in [0.4, 0.5) is 8.78 Å². The molecule has 0 aromatic heterocycles. The van der Waals surface area contributed by atoms with Crippen molar-refractivity contribution in [3.63, 3.8) is 0 Å². The minimum Gasteiger partial charge on any atom is -0.481 e. The predicted octanol–water partition coefficient (Wildman–Crippen LogP) is 1.82. The largest absolute Gasteiger partial charge is 0.481 e. The molecule has 1 aromatic carbocycles. The summed E-state index contributed by atoms with van der Waals surface area (Å²) in [6, 6.07) is 3.28. The Hall–Kier alpha value is -2.02. The zero-order chi connectivity index (χ0) is 16.1. The fourth-order valence-electron chi connectivity index (χ4n) is 2.55. The average Bonchev–Trinajstić information content (AvgIpc) is 2.50. The van der Waals surface area contributed by atoms with Crippen LogP contribution in [0, 0.1) is 23.5 Å². The van der Waals surface area contributed by atoms with E-state index < -0.39 is 35.0 Å². The SMILES string of the molecule is O=C(NCC(C(=O)O)C1CCOCC1)c1cccc(F)c1F. The van der Waals surface area contributed by atoms with Crippen molar-refractivity contribution in [2.75, 3.05) is 19.8 Å². The van der Waals surface area contributed by atoms with Gasteiger partial charge in [0.1, 0.15) is 0 Å². The summed E-state index contributed by atoms with van der Waals surface area (Å²) < 4.78 is 31.8. The number of rotatable bonds is 5. The van der Waals surface area contributed by atoms with E-state index in [1.807, 2.05) is 0 Å². The Morgan fingerprint density at radius 2 is 2.00 bits per heavy atom. The topological polar surface area (TPSA) is 75.6 Å². The summed E-state index contributed by atoms with van der Waals surface area (Å²) in [5.41, 5.74) is -0.434. The molecule has 1 aliphatic heterocycles. The van der Waals surface area contributed by atoms with Gasteiger partial charge < -0.3 is 15.2 Å². The van der Waals surface area contributed by atoms with E-state index in [0.29, 0.717) is 26.1 Å². The molecule has 2 rings (SSSR count). The molecule has 1 aromatic rings. The standard InChI is InChI=1S/C15H17F2NO4/c16-12-3-1-2-10(13(12)17)14(19)18-8-11(15(20)21)9-4-6-22-7-5-9/h1-3,9,11H,4-8H2,(H,18,19)(H,20,21). The molecule has 2 N–H and O–H groups in total. The van der Waals surface area contributed by atoms with E-state index in [9.17, 15) is 23.5 Å². The van der Waals surface area contributed by atoms with E-state index >= 15 is 0 Å². The summed E-state index contributed by atoms with van der Waals surface area (Å²) >= 11 is 0. The fourth-order valence-corrected chi connectivity index (χ4v) is 2.55. The first-order valence-corrected chi connectivity index (χ1v) is 7.03. The number of carbonyl (C=O) groups excluding carboxylic acids is 1. The maximum atomic E-state index is 13.5. The van der Waals surface area contributed by atoms with Gasteiger partial charge in [-0.25, -0.2) is 8.78 Å². The molecular formula is C15H17F2NO4. The van der Waals surface area contributed by atoms with Crippen LogP contribution in [0.1, 0.15) is 23.2 Å². The number of aliphatic carboxylic acids is 1. The monoisotopic (exact) mass is 313 g/mol. The molecule has 1 unspecified atom stereocenters. The van der Waals surface area contributed by atoms with Gasteiger partial charge in [-0.2, -0.15) is 0 Å². The number of carboxylic acids is 1. The second kappa shape index (κ2) is 7.31. The number of nitrogens with one attached hydrogen (secondary N) is 1. The smallest absolute Gasteiger partial charge is 0.308 e. The molecule has 0 bridgehead atoms. The molecule has 1 aliphatic rings. The summed E-state index contributed by atoms with van der Waals surface area (Å²) in [5.74, 6) is -5.08. The Morgan fingerprint density at radius 1 is 1.32 bits per heavy atom. The average molecular weight is 313 g/mol. The third-order valence-corrected chi connectivity index (χ3v) is 3.83. The number of hydrogen-bond acceptors (Lipinski definition) is 3. The molecule has 120 valence electrons. The van der Waals surface area contributed by atoms with Gasteiger partial charge in [-0.1, -0.05) is 6.07 Å². The van der Waals surface area contributed by atoms with E-state index in [2.05, 4.69) is 5.32 Å². The number of benzene rings is 1. The Bertz CT molecular complexity index is 558. The molecule has 7 heteroatoms. The first-order chi connectivity index (χ1) is 10.5. The first-order valence-electron chi connectivity index (χ1n) is 7.03. The van der Waals surface area contributed by atoms with Crippen LogP contribution in [0.2, 0.25) is 0 Å². The van der Waals surface area contributed by atoms with Crippen LogP contribution in [-0.4, -0.2) is 36.7 Å². The van der Waals surface area contributed by atoms with E-state index in [-0.39, 0.29) is 12.5 Å². The number of amides is 1. The minimum atomic E-state index is -1.24. The van der Waals surface area contributed by atoms with Gasteiger partial charge in [0.15, 0.2) is 11.6 Å². The molecule has 0 aliphatic carbocycles. The number of hydrogen-bond donors (Lipinski definition) is 2. The highest BCUT2D eigenvalue weighted by Gasteiger charge is 2.30. The van der Waals surface area contributed by atoms with Crippen molar-refractivity contribution in [1.82, 2.24) is 5.32 Å². The molecule has 5 nitrogen and oxygen atoms in total. The number of halogens is 2. The van der Waals surface area contributed by atoms with Gasteiger partial charge in [-0.05, 0) is 30.9 Å². The Morgan fingerprint density at radius 3 is 2.64 bits per heavy atom. The van der Waals surface area contributed by atoms with Gasteiger partial charge in [0.2, 0.25) is 0 Å². The lowest BCUT2D eigenvalue weighted by Crippen LogP contribution is -2.39. The number of carbonyl (C=O) groups is 2. The van der Waals surface area contributed by atoms with Crippen LogP contribution in [0.3, 0.4) is 0 Å². The molecule has 22 heavy (non-hydrogen) atoms. The van der Waals surface area contributed by atoms with Crippen LogP contribution < -0.4 is 5.32 Å². The molecule has 1 amide bonds. The lowest BCUT2D eigenvalue weighted by molar-refractivity contribution is -0.144. The third kappa shape index (κ3) is 3.79. The molecule has 0 saturated carbocycles. The van der Waals surface area contributed by atoms with Gasteiger partial charge >= 0.3 is 5.97 Å². The first kappa shape index (κ1) is 16.4. The van der Waals surface area contributed by atoms with Crippen molar-refractivity contribution in [3.05, 3.63) is 35.4 Å². The molecular weight excluding hydrogens is 296 g/mol. The summed E-state index contributed by atoms with van der Waals surface area (Å²) in [6.07, 6.45) is 1.20. The zero-order valence-corrected chi connectivity index (χ0v) is 11.9. The van der Waals surface area contributed by atoms with E-state index in [0.717, 1.165) is 12.1 Å². The lowest BCUT2D eigenvalue weighted by Gasteiger charge is -2.27. The van der Waals surface area contributed by atoms with E-state index in [4.69, 9.17) is 4.74 Å². The van der Waals surface area contributed by atoms with Crippen LogP contribution >= 0.6 is 0 Å². The summed E-state index contributed by atoms with van der Waals surface area (Å²) in [5, 5.41) is 11.7. The zero-order valence-electron chi connectivity index (χ0n) is 11.9. The molecule has 1 saturated heterocycles.